The number of fused-ring (bicyclic) bond motifs is 1. The van der Waals surface area contributed by atoms with Crippen molar-refractivity contribution in [1.29, 1.82) is 0 Å². The Labute approximate surface area is 102 Å². The monoisotopic (exact) mass is 282 g/mol. The van der Waals surface area contributed by atoms with Crippen molar-refractivity contribution in [2.75, 3.05) is 11.9 Å². The molecule has 0 bridgehead atoms. The predicted octanol–water partition coefficient (Wildman–Crippen LogP) is 3.96. The Kier molecular flexibility index (Phi) is 3.39. The van der Waals surface area contributed by atoms with E-state index in [4.69, 9.17) is 0 Å². The van der Waals surface area contributed by atoms with Crippen molar-refractivity contribution in [2.24, 2.45) is 0 Å². The molecule has 0 fully saturated rings. The zero-order chi connectivity index (χ0) is 11.5. The van der Waals surface area contributed by atoms with E-state index in [1.54, 1.807) is 18.3 Å². The fraction of sp³-hybridized carbons (Fsp3) is 0.250. The quantitative estimate of drug-likeness (QED) is 0.922. The molecule has 0 atom stereocenters. The third-order valence-electron chi connectivity index (χ3n) is 2.36. The summed E-state index contributed by atoms with van der Waals surface area (Å²) in [4.78, 5) is 4.18. The van der Waals surface area contributed by atoms with Crippen molar-refractivity contribution < 1.29 is 4.39 Å². The number of aromatic nitrogens is 1. The molecule has 84 valence electrons. The second-order valence-electron chi connectivity index (χ2n) is 3.54. The normalized spacial score (nSPS) is 10.7. The minimum Gasteiger partial charge on any atom is -0.384 e. The van der Waals surface area contributed by atoms with Gasteiger partial charge in [0.15, 0.2) is 0 Å². The fourth-order valence-corrected chi connectivity index (χ4v) is 2.03. The van der Waals surface area contributed by atoms with Gasteiger partial charge in [-0.05, 0) is 40.5 Å². The summed E-state index contributed by atoms with van der Waals surface area (Å²) in [5.41, 5.74) is 1.45. The van der Waals surface area contributed by atoms with E-state index >= 15 is 0 Å². The maximum Gasteiger partial charge on any atom is 0.134 e. The minimum absolute atomic E-state index is 0.245. The number of nitrogens with one attached hydrogen (secondary N) is 1. The molecule has 0 aliphatic rings. The fourth-order valence-electron chi connectivity index (χ4n) is 1.60. The maximum atomic E-state index is 13.8. The Morgan fingerprint density at radius 1 is 1.38 bits per heavy atom. The number of nitrogens with zero attached hydrogens (tertiary/aromatic N) is 1. The van der Waals surface area contributed by atoms with E-state index < -0.39 is 0 Å². The van der Waals surface area contributed by atoms with Gasteiger partial charge in [0.2, 0.25) is 0 Å². The van der Waals surface area contributed by atoms with Crippen LogP contribution < -0.4 is 5.32 Å². The topological polar surface area (TPSA) is 24.9 Å². The van der Waals surface area contributed by atoms with Gasteiger partial charge in [0, 0.05) is 22.9 Å². The van der Waals surface area contributed by atoms with E-state index in [1.165, 1.54) is 6.07 Å². The third-order valence-corrected chi connectivity index (χ3v) is 3.00. The molecule has 4 heteroatoms. The predicted molar refractivity (Wildman–Crippen MR) is 68.2 cm³/mol. The molecule has 0 aliphatic carbocycles. The van der Waals surface area contributed by atoms with Crippen LogP contribution in [0.25, 0.3) is 10.9 Å². The van der Waals surface area contributed by atoms with E-state index in [2.05, 4.69) is 33.2 Å². The van der Waals surface area contributed by atoms with Gasteiger partial charge in [0.1, 0.15) is 5.82 Å². The van der Waals surface area contributed by atoms with Crippen molar-refractivity contribution in [3.8, 4) is 0 Å². The van der Waals surface area contributed by atoms with E-state index in [0.29, 0.717) is 10.9 Å². The molecule has 0 unspecified atom stereocenters. The lowest BCUT2D eigenvalue weighted by Gasteiger charge is -2.09. The van der Waals surface area contributed by atoms with Gasteiger partial charge >= 0.3 is 0 Å². The molecule has 0 saturated carbocycles. The highest BCUT2D eigenvalue weighted by atomic mass is 79.9. The number of anilines is 1. The summed E-state index contributed by atoms with van der Waals surface area (Å²) >= 11 is 3.38. The summed E-state index contributed by atoms with van der Waals surface area (Å²) in [5.74, 6) is -0.245. The highest BCUT2D eigenvalue weighted by Gasteiger charge is 2.09. The summed E-state index contributed by atoms with van der Waals surface area (Å²) < 4.78 is 14.6. The number of hydrogen-bond donors (Lipinski definition) is 1. The first-order valence-electron chi connectivity index (χ1n) is 5.20. The van der Waals surface area contributed by atoms with Crippen LogP contribution in [0.2, 0.25) is 0 Å². The van der Waals surface area contributed by atoms with Gasteiger partial charge in [-0.3, -0.25) is 4.98 Å². The van der Waals surface area contributed by atoms with Crippen LogP contribution >= 0.6 is 15.9 Å². The highest BCUT2D eigenvalue weighted by Crippen LogP contribution is 2.29. The molecule has 1 N–H and O–H groups in total. The lowest BCUT2D eigenvalue weighted by molar-refractivity contribution is 0.639. The molecule has 2 rings (SSSR count). The van der Waals surface area contributed by atoms with E-state index in [0.717, 1.165) is 23.1 Å². The Balaban J connectivity index is 2.61. The first-order chi connectivity index (χ1) is 7.74. The van der Waals surface area contributed by atoms with Crippen LogP contribution in [0, 0.1) is 5.82 Å². The van der Waals surface area contributed by atoms with Crippen LogP contribution in [-0.4, -0.2) is 11.5 Å². The van der Waals surface area contributed by atoms with Gasteiger partial charge in [-0.1, -0.05) is 6.92 Å². The summed E-state index contributed by atoms with van der Waals surface area (Å²) in [6, 6.07) is 4.92. The first-order valence-corrected chi connectivity index (χ1v) is 6.00. The second kappa shape index (κ2) is 4.78. The lowest BCUT2D eigenvalue weighted by Crippen LogP contribution is -2.01. The molecule has 1 aromatic carbocycles. The molecule has 1 heterocycles. The van der Waals surface area contributed by atoms with Crippen LogP contribution in [0.5, 0.6) is 0 Å². The van der Waals surface area contributed by atoms with Gasteiger partial charge in [-0.25, -0.2) is 4.39 Å². The summed E-state index contributed by atoms with van der Waals surface area (Å²) in [5, 5.41) is 3.75. The second-order valence-corrected chi connectivity index (χ2v) is 4.39. The minimum atomic E-state index is -0.245. The molecule has 0 amide bonds. The summed E-state index contributed by atoms with van der Waals surface area (Å²) in [6.07, 6.45) is 2.68. The van der Waals surface area contributed by atoms with Crippen molar-refractivity contribution >= 4 is 32.5 Å². The summed E-state index contributed by atoms with van der Waals surface area (Å²) in [6.45, 7) is 2.90. The van der Waals surface area contributed by atoms with Crippen molar-refractivity contribution in [3.63, 3.8) is 0 Å². The number of halogens is 2. The average Bonchev–Trinajstić information content (AvgIpc) is 2.31. The average molecular weight is 283 g/mol. The molecule has 0 saturated heterocycles. The lowest BCUT2D eigenvalue weighted by atomic mass is 10.1. The van der Waals surface area contributed by atoms with Gasteiger partial charge in [0.25, 0.3) is 0 Å². The smallest absolute Gasteiger partial charge is 0.134 e. The molecule has 2 nitrogen and oxygen atoms in total. The molecular formula is C12H12BrFN2. The molecule has 16 heavy (non-hydrogen) atoms. The number of hydrogen-bond acceptors (Lipinski definition) is 2. The van der Waals surface area contributed by atoms with Crippen LogP contribution in [0.3, 0.4) is 0 Å². The number of benzene rings is 1. The van der Waals surface area contributed by atoms with Crippen molar-refractivity contribution in [3.05, 3.63) is 34.7 Å². The molecule has 2 aromatic rings. The molecule has 0 aliphatic heterocycles. The standard InChI is InChI=1S/C12H12BrFN2/c1-2-6-15-10-5-7-16-12-8(13)3-4-9(14)11(10)12/h3-5,7H,2,6H2,1H3,(H,15,16). The third kappa shape index (κ3) is 2.02. The maximum absolute atomic E-state index is 13.8. The van der Waals surface area contributed by atoms with E-state index in [1.807, 2.05) is 0 Å². The van der Waals surface area contributed by atoms with E-state index in [9.17, 15) is 4.39 Å². The largest absolute Gasteiger partial charge is 0.384 e. The number of pyridine rings is 1. The molecular weight excluding hydrogens is 271 g/mol. The SMILES string of the molecule is CCCNc1ccnc2c(Br)ccc(F)c12. The van der Waals surface area contributed by atoms with Crippen LogP contribution in [0.15, 0.2) is 28.9 Å². The highest BCUT2D eigenvalue weighted by molar-refractivity contribution is 9.10. The Bertz CT molecular complexity index is 514. The number of rotatable bonds is 3. The Morgan fingerprint density at radius 3 is 2.94 bits per heavy atom. The zero-order valence-corrected chi connectivity index (χ0v) is 10.5. The van der Waals surface area contributed by atoms with Gasteiger partial charge in [0.05, 0.1) is 10.9 Å². The van der Waals surface area contributed by atoms with E-state index in [-0.39, 0.29) is 5.82 Å². The van der Waals surface area contributed by atoms with Crippen LogP contribution in [-0.2, 0) is 0 Å². The first kappa shape index (κ1) is 11.3. The van der Waals surface area contributed by atoms with Gasteiger partial charge in [-0.15, -0.1) is 0 Å². The van der Waals surface area contributed by atoms with Crippen molar-refractivity contribution in [1.82, 2.24) is 4.98 Å². The Hall–Kier alpha value is -1.16. The van der Waals surface area contributed by atoms with Crippen molar-refractivity contribution in [2.45, 2.75) is 13.3 Å². The molecule has 1 aromatic heterocycles. The van der Waals surface area contributed by atoms with Crippen LogP contribution in [0.1, 0.15) is 13.3 Å². The zero-order valence-electron chi connectivity index (χ0n) is 8.93. The molecule has 0 radical (unpaired) electrons. The Morgan fingerprint density at radius 2 is 2.19 bits per heavy atom. The van der Waals surface area contributed by atoms with Gasteiger partial charge in [-0.2, -0.15) is 0 Å². The van der Waals surface area contributed by atoms with Gasteiger partial charge < -0.3 is 5.32 Å². The molecule has 0 spiro atoms. The summed E-state index contributed by atoms with van der Waals surface area (Å²) in [7, 11) is 0. The van der Waals surface area contributed by atoms with Crippen LogP contribution in [0.4, 0.5) is 10.1 Å².